The number of nitrogens with one attached hydrogen (secondary N) is 1. The summed E-state index contributed by atoms with van der Waals surface area (Å²) in [5.41, 5.74) is 1.45. The average molecular weight is 244 g/mol. The lowest BCUT2D eigenvalue weighted by Gasteiger charge is -2.13. The zero-order valence-electron chi connectivity index (χ0n) is 9.96. The molecule has 0 spiro atoms. The summed E-state index contributed by atoms with van der Waals surface area (Å²) in [5, 5.41) is 7.12. The first-order valence-electron chi connectivity index (χ1n) is 5.53. The van der Waals surface area contributed by atoms with Gasteiger partial charge in [-0.1, -0.05) is 6.92 Å². The van der Waals surface area contributed by atoms with Gasteiger partial charge in [-0.3, -0.25) is 9.48 Å². The summed E-state index contributed by atoms with van der Waals surface area (Å²) >= 11 is 5.74. The van der Waals surface area contributed by atoms with E-state index in [0.717, 1.165) is 12.1 Å². The van der Waals surface area contributed by atoms with Crippen LogP contribution in [-0.4, -0.2) is 27.6 Å². The molecule has 0 aromatic carbocycles. The molecule has 16 heavy (non-hydrogen) atoms. The Hall–Kier alpha value is -1.03. The molecule has 1 rings (SSSR count). The van der Waals surface area contributed by atoms with E-state index < -0.39 is 0 Å². The lowest BCUT2D eigenvalue weighted by Crippen LogP contribution is -2.36. The monoisotopic (exact) mass is 243 g/mol. The van der Waals surface area contributed by atoms with Crippen LogP contribution in [0.2, 0.25) is 0 Å². The summed E-state index contributed by atoms with van der Waals surface area (Å²) in [6.07, 6.45) is 0.828. The van der Waals surface area contributed by atoms with Crippen LogP contribution in [0.25, 0.3) is 0 Å². The molecule has 0 saturated carbocycles. The van der Waals surface area contributed by atoms with Crippen LogP contribution in [0.15, 0.2) is 6.07 Å². The fourth-order valence-corrected chi connectivity index (χ4v) is 1.77. The van der Waals surface area contributed by atoms with E-state index in [1.807, 2.05) is 20.8 Å². The molecule has 1 aromatic heterocycles. The van der Waals surface area contributed by atoms with Crippen LogP contribution in [0.4, 0.5) is 0 Å². The number of halogens is 1. The van der Waals surface area contributed by atoms with Crippen molar-refractivity contribution in [2.24, 2.45) is 0 Å². The second-order valence-corrected chi connectivity index (χ2v) is 4.03. The highest BCUT2D eigenvalue weighted by molar-refractivity contribution is 6.18. The quantitative estimate of drug-likeness (QED) is 0.804. The van der Waals surface area contributed by atoms with Gasteiger partial charge in [-0.2, -0.15) is 5.10 Å². The van der Waals surface area contributed by atoms with E-state index in [4.69, 9.17) is 11.6 Å². The van der Waals surface area contributed by atoms with Gasteiger partial charge in [0.05, 0.1) is 5.69 Å². The molecule has 0 saturated heterocycles. The highest BCUT2D eigenvalue weighted by atomic mass is 35.5. The number of hydrogen-bond acceptors (Lipinski definition) is 2. The van der Waals surface area contributed by atoms with E-state index in [0.29, 0.717) is 18.1 Å². The van der Waals surface area contributed by atoms with Crippen molar-refractivity contribution < 1.29 is 4.79 Å². The predicted octanol–water partition coefficient (Wildman–Crippen LogP) is 1.96. The smallest absolute Gasteiger partial charge is 0.269 e. The third-order valence-electron chi connectivity index (χ3n) is 2.45. The van der Waals surface area contributed by atoms with Gasteiger partial charge in [0.15, 0.2) is 0 Å². The normalized spacial score (nSPS) is 12.5. The van der Waals surface area contributed by atoms with Crippen molar-refractivity contribution in [2.75, 3.05) is 5.88 Å². The summed E-state index contributed by atoms with van der Waals surface area (Å²) in [5.74, 6) is 0.330. The van der Waals surface area contributed by atoms with Crippen LogP contribution in [0.3, 0.4) is 0 Å². The lowest BCUT2D eigenvalue weighted by molar-refractivity contribution is 0.0929. The van der Waals surface area contributed by atoms with Crippen molar-refractivity contribution in [1.29, 1.82) is 0 Å². The highest BCUT2D eigenvalue weighted by Gasteiger charge is 2.15. The van der Waals surface area contributed by atoms with Gasteiger partial charge in [-0.15, -0.1) is 11.6 Å². The van der Waals surface area contributed by atoms with E-state index in [1.54, 1.807) is 10.7 Å². The second-order valence-electron chi connectivity index (χ2n) is 3.72. The Kier molecular flexibility index (Phi) is 4.80. The summed E-state index contributed by atoms with van der Waals surface area (Å²) in [4.78, 5) is 11.9. The van der Waals surface area contributed by atoms with Crippen LogP contribution >= 0.6 is 11.6 Å². The van der Waals surface area contributed by atoms with E-state index in [1.165, 1.54) is 0 Å². The van der Waals surface area contributed by atoms with Crippen molar-refractivity contribution in [2.45, 2.75) is 39.8 Å². The number of carbonyl (C=O) groups is 1. The van der Waals surface area contributed by atoms with Crippen molar-refractivity contribution in [3.8, 4) is 0 Å². The first-order chi connectivity index (χ1) is 7.62. The minimum atomic E-state index is -0.102. The fourth-order valence-electron chi connectivity index (χ4n) is 1.48. The molecule has 4 nitrogen and oxygen atoms in total. The molecular weight excluding hydrogens is 226 g/mol. The Morgan fingerprint density at radius 2 is 2.31 bits per heavy atom. The van der Waals surface area contributed by atoms with Gasteiger partial charge in [0.25, 0.3) is 5.91 Å². The topological polar surface area (TPSA) is 46.9 Å². The SMILES string of the molecule is CCC(CCl)NC(=O)c1cc(C)nn1CC. The Bertz CT molecular complexity index is 358. The standard InChI is InChI=1S/C11H18ClN3O/c1-4-9(7-12)13-11(16)10-6-8(3)14-15(10)5-2/h6,9H,4-5,7H2,1-3H3,(H,13,16). The van der Waals surface area contributed by atoms with Crippen molar-refractivity contribution in [3.63, 3.8) is 0 Å². The van der Waals surface area contributed by atoms with Crippen LogP contribution in [0.5, 0.6) is 0 Å². The van der Waals surface area contributed by atoms with Crippen LogP contribution in [0, 0.1) is 6.92 Å². The van der Waals surface area contributed by atoms with E-state index >= 15 is 0 Å². The van der Waals surface area contributed by atoms with Crippen LogP contribution in [0.1, 0.15) is 36.5 Å². The number of aromatic nitrogens is 2. The van der Waals surface area contributed by atoms with Gasteiger partial charge in [0, 0.05) is 18.5 Å². The van der Waals surface area contributed by atoms with Crippen molar-refractivity contribution >= 4 is 17.5 Å². The Morgan fingerprint density at radius 1 is 1.62 bits per heavy atom. The Morgan fingerprint density at radius 3 is 2.81 bits per heavy atom. The van der Waals surface area contributed by atoms with E-state index in [2.05, 4.69) is 10.4 Å². The molecule has 1 unspecified atom stereocenters. The summed E-state index contributed by atoms with van der Waals surface area (Å²) in [7, 11) is 0. The van der Waals surface area contributed by atoms with Crippen LogP contribution in [-0.2, 0) is 6.54 Å². The van der Waals surface area contributed by atoms with Gasteiger partial charge < -0.3 is 5.32 Å². The molecule has 1 aromatic rings. The molecule has 0 aliphatic rings. The number of aryl methyl sites for hydroxylation is 2. The summed E-state index contributed by atoms with van der Waals surface area (Å²) in [6, 6.07) is 1.81. The minimum absolute atomic E-state index is 0.0229. The third-order valence-corrected chi connectivity index (χ3v) is 2.82. The number of alkyl halides is 1. The zero-order chi connectivity index (χ0) is 12.1. The fraction of sp³-hybridized carbons (Fsp3) is 0.636. The average Bonchev–Trinajstić information content (AvgIpc) is 2.67. The van der Waals surface area contributed by atoms with Gasteiger partial charge in [0.2, 0.25) is 0 Å². The van der Waals surface area contributed by atoms with Crippen LogP contribution < -0.4 is 5.32 Å². The van der Waals surface area contributed by atoms with Crippen molar-refractivity contribution in [1.82, 2.24) is 15.1 Å². The maximum Gasteiger partial charge on any atom is 0.269 e. The number of nitrogens with zero attached hydrogens (tertiary/aromatic N) is 2. The molecule has 0 radical (unpaired) electrons. The van der Waals surface area contributed by atoms with Gasteiger partial charge in [-0.05, 0) is 26.3 Å². The lowest BCUT2D eigenvalue weighted by atomic mass is 10.2. The number of amides is 1. The Balaban J connectivity index is 2.79. The first kappa shape index (κ1) is 13.0. The molecule has 0 aliphatic carbocycles. The molecule has 5 heteroatoms. The molecule has 1 amide bonds. The number of rotatable bonds is 5. The maximum atomic E-state index is 11.9. The Labute approximate surface area is 101 Å². The molecule has 1 heterocycles. The van der Waals surface area contributed by atoms with E-state index in [9.17, 15) is 4.79 Å². The molecule has 90 valence electrons. The van der Waals surface area contributed by atoms with Gasteiger partial charge >= 0.3 is 0 Å². The molecule has 0 bridgehead atoms. The third kappa shape index (κ3) is 2.98. The van der Waals surface area contributed by atoms with Gasteiger partial charge in [0.1, 0.15) is 5.69 Å². The number of carbonyl (C=O) groups excluding carboxylic acids is 1. The summed E-state index contributed by atoms with van der Waals surface area (Å²) in [6.45, 7) is 6.52. The second kappa shape index (κ2) is 5.89. The number of hydrogen-bond donors (Lipinski definition) is 1. The minimum Gasteiger partial charge on any atom is -0.347 e. The molecule has 0 fully saturated rings. The van der Waals surface area contributed by atoms with Gasteiger partial charge in [-0.25, -0.2) is 0 Å². The predicted molar refractivity (Wildman–Crippen MR) is 64.9 cm³/mol. The molecule has 1 N–H and O–H groups in total. The molecule has 0 aliphatic heterocycles. The van der Waals surface area contributed by atoms with E-state index in [-0.39, 0.29) is 11.9 Å². The maximum absolute atomic E-state index is 11.9. The van der Waals surface area contributed by atoms with Crippen molar-refractivity contribution in [3.05, 3.63) is 17.5 Å². The largest absolute Gasteiger partial charge is 0.347 e. The molecule has 1 atom stereocenters. The molecular formula is C11H18ClN3O. The summed E-state index contributed by atoms with van der Waals surface area (Å²) < 4.78 is 1.70. The first-order valence-corrected chi connectivity index (χ1v) is 6.07. The zero-order valence-corrected chi connectivity index (χ0v) is 10.7. The highest BCUT2D eigenvalue weighted by Crippen LogP contribution is 2.05.